The average Bonchev–Trinajstić information content (AvgIpc) is 2.76. The number of thiazole rings is 1. The van der Waals surface area contributed by atoms with E-state index in [-0.39, 0.29) is 12.0 Å². The maximum absolute atomic E-state index is 10.9. The molecule has 2 N–H and O–H groups in total. The number of nitrogens with zero attached hydrogens (tertiary/aromatic N) is 1. The van der Waals surface area contributed by atoms with Crippen molar-refractivity contribution in [1.29, 1.82) is 0 Å². The third kappa shape index (κ3) is 2.74. The number of carboxylic acid groups (broad SMARTS) is 1. The highest BCUT2D eigenvalue weighted by Gasteiger charge is 2.36. The predicted molar refractivity (Wildman–Crippen MR) is 66.9 cm³/mol. The van der Waals surface area contributed by atoms with Crippen LogP contribution in [-0.4, -0.2) is 21.6 Å². The monoisotopic (exact) mass is 304 g/mol. The van der Waals surface area contributed by atoms with Gasteiger partial charge in [-0.3, -0.25) is 4.79 Å². The molecule has 1 aliphatic carbocycles. The van der Waals surface area contributed by atoms with E-state index in [0.717, 1.165) is 35.4 Å². The fourth-order valence-corrected chi connectivity index (χ4v) is 3.49. The minimum atomic E-state index is -0.745. The number of nitrogens with one attached hydrogen (secondary N) is 1. The van der Waals surface area contributed by atoms with Crippen LogP contribution in [0.25, 0.3) is 0 Å². The van der Waals surface area contributed by atoms with E-state index in [4.69, 9.17) is 5.11 Å². The lowest BCUT2D eigenvalue weighted by molar-refractivity contribution is -0.138. The Morgan fingerprint density at radius 1 is 1.62 bits per heavy atom. The van der Waals surface area contributed by atoms with Crippen LogP contribution in [0.15, 0.2) is 9.98 Å². The largest absolute Gasteiger partial charge is 0.481 e. The van der Waals surface area contributed by atoms with Gasteiger partial charge in [0.25, 0.3) is 0 Å². The molecule has 16 heavy (non-hydrogen) atoms. The Kier molecular flexibility index (Phi) is 3.49. The maximum atomic E-state index is 10.9. The van der Waals surface area contributed by atoms with Crippen molar-refractivity contribution in [3.05, 3.63) is 9.98 Å². The van der Waals surface area contributed by atoms with Gasteiger partial charge >= 0.3 is 5.97 Å². The summed E-state index contributed by atoms with van der Waals surface area (Å²) in [6.07, 6.45) is 4.18. The second-order valence-electron chi connectivity index (χ2n) is 4.16. The molecule has 1 aromatic heterocycles. The van der Waals surface area contributed by atoms with Crippen LogP contribution in [-0.2, 0) is 4.79 Å². The van der Waals surface area contributed by atoms with Gasteiger partial charge in [-0.1, -0.05) is 12.8 Å². The van der Waals surface area contributed by atoms with Crippen molar-refractivity contribution < 1.29 is 9.90 Å². The molecule has 1 fully saturated rings. The zero-order valence-corrected chi connectivity index (χ0v) is 11.1. The molecule has 1 saturated carbocycles. The fraction of sp³-hybridized carbons (Fsp3) is 0.600. The maximum Gasteiger partial charge on any atom is 0.305 e. The van der Waals surface area contributed by atoms with Gasteiger partial charge in [0.2, 0.25) is 0 Å². The van der Waals surface area contributed by atoms with E-state index < -0.39 is 5.97 Å². The van der Waals surface area contributed by atoms with Gasteiger partial charge in [-0.2, -0.15) is 0 Å². The molecule has 0 atom stereocenters. The molecule has 88 valence electrons. The summed E-state index contributed by atoms with van der Waals surface area (Å²) in [5.74, 6) is -0.745. The van der Waals surface area contributed by atoms with E-state index >= 15 is 0 Å². The summed E-state index contributed by atoms with van der Waals surface area (Å²) < 4.78 is 0.795. The number of halogens is 1. The normalized spacial score (nSPS) is 18.6. The molecule has 6 heteroatoms. The summed E-state index contributed by atoms with van der Waals surface area (Å²) in [5, 5.41) is 15.0. The lowest BCUT2D eigenvalue weighted by atomic mass is 9.93. The fourth-order valence-electron chi connectivity index (χ4n) is 2.23. The van der Waals surface area contributed by atoms with E-state index in [0.29, 0.717) is 0 Å². The van der Waals surface area contributed by atoms with Crippen molar-refractivity contribution >= 4 is 38.4 Å². The van der Waals surface area contributed by atoms with Gasteiger partial charge in [-0.05, 0) is 28.8 Å². The van der Waals surface area contributed by atoms with Gasteiger partial charge in [0.1, 0.15) is 4.60 Å². The van der Waals surface area contributed by atoms with Crippen LogP contribution in [0.1, 0.15) is 32.1 Å². The number of aliphatic carboxylic acids is 1. The summed E-state index contributed by atoms with van der Waals surface area (Å²) in [4.78, 5) is 15.1. The Bertz CT molecular complexity index is 388. The molecule has 1 aromatic rings. The van der Waals surface area contributed by atoms with Gasteiger partial charge in [0.15, 0.2) is 5.13 Å². The van der Waals surface area contributed by atoms with E-state index in [1.54, 1.807) is 0 Å². The Morgan fingerprint density at radius 3 is 2.81 bits per heavy atom. The van der Waals surface area contributed by atoms with Crippen LogP contribution >= 0.6 is 27.3 Å². The molecule has 0 saturated heterocycles. The van der Waals surface area contributed by atoms with Crippen LogP contribution < -0.4 is 5.32 Å². The molecule has 0 unspecified atom stereocenters. The molecule has 0 aromatic carbocycles. The zero-order chi connectivity index (χ0) is 11.6. The predicted octanol–water partition coefficient (Wildman–Crippen LogP) is 3.11. The number of anilines is 1. The molecule has 0 aliphatic heterocycles. The molecule has 0 bridgehead atoms. The first-order valence-corrected chi connectivity index (χ1v) is 6.88. The van der Waals surface area contributed by atoms with E-state index in [1.165, 1.54) is 11.3 Å². The lowest BCUT2D eigenvalue weighted by Crippen LogP contribution is -2.37. The highest BCUT2D eigenvalue weighted by molar-refractivity contribution is 9.10. The second kappa shape index (κ2) is 4.71. The van der Waals surface area contributed by atoms with E-state index in [9.17, 15) is 4.79 Å². The Hall–Kier alpha value is -0.620. The molecule has 1 heterocycles. The van der Waals surface area contributed by atoms with E-state index in [1.807, 2.05) is 5.38 Å². The summed E-state index contributed by atoms with van der Waals surface area (Å²) in [6, 6.07) is 0. The Balaban J connectivity index is 2.10. The molecule has 1 aliphatic rings. The second-order valence-corrected chi connectivity index (χ2v) is 5.83. The number of carbonyl (C=O) groups is 1. The number of carboxylic acids is 1. The smallest absolute Gasteiger partial charge is 0.305 e. The van der Waals surface area contributed by atoms with E-state index in [2.05, 4.69) is 26.2 Å². The number of hydrogen-bond donors (Lipinski definition) is 2. The van der Waals surface area contributed by atoms with Crippen LogP contribution in [0, 0.1) is 0 Å². The number of rotatable bonds is 4. The molecular formula is C10H13BrN2O2S. The van der Waals surface area contributed by atoms with Crippen LogP contribution in [0.3, 0.4) is 0 Å². The first kappa shape index (κ1) is 11.9. The first-order valence-electron chi connectivity index (χ1n) is 5.21. The van der Waals surface area contributed by atoms with Gasteiger partial charge in [0.05, 0.1) is 6.42 Å². The summed E-state index contributed by atoms with van der Waals surface area (Å²) in [5.41, 5.74) is -0.289. The minimum Gasteiger partial charge on any atom is -0.481 e. The highest BCUT2D eigenvalue weighted by atomic mass is 79.9. The van der Waals surface area contributed by atoms with Crippen LogP contribution in [0.4, 0.5) is 5.13 Å². The molecule has 0 amide bonds. The van der Waals surface area contributed by atoms with Crippen molar-refractivity contribution in [2.24, 2.45) is 0 Å². The van der Waals surface area contributed by atoms with Gasteiger partial charge in [0, 0.05) is 10.9 Å². The third-order valence-electron chi connectivity index (χ3n) is 2.90. The lowest BCUT2D eigenvalue weighted by Gasteiger charge is -2.28. The Morgan fingerprint density at radius 2 is 2.31 bits per heavy atom. The number of aromatic nitrogens is 1. The molecule has 4 nitrogen and oxygen atoms in total. The van der Waals surface area contributed by atoms with Crippen molar-refractivity contribution in [3.8, 4) is 0 Å². The van der Waals surface area contributed by atoms with Crippen molar-refractivity contribution in [1.82, 2.24) is 4.98 Å². The highest BCUT2D eigenvalue weighted by Crippen LogP contribution is 2.37. The molecule has 0 radical (unpaired) electrons. The minimum absolute atomic E-state index is 0.171. The number of hydrogen-bond acceptors (Lipinski definition) is 4. The van der Waals surface area contributed by atoms with Crippen molar-refractivity contribution in [2.45, 2.75) is 37.6 Å². The Labute approximate surface area is 106 Å². The van der Waals surface area contributed by atoms with Crippen molar-refractivity contribution in [2.75, 3.05) is 5.32 Å². The van der Waals surface area contributed by atoms with Crippen LogP contribution in [0.2, 0.25) is 0 Å². The summed E-state index contributed by atoms with van der Waals surface area (Å²) in [6.45, 7) is 0. The average molecular weight is 305 g/mol. The van der Waals surface area contributed by atoms with Crippen molar-refractivity contribution in [3.63, 3.8) is 0 Å². The van der Waals surface area contributed by atoms with Crippen LogP contribution in [0.5, 0.6) is 0 Å². The summed E-state index contributed by atoms with van der Waals surface area (Å²) in [7, 11) is 0. The van der Waals surface area contributed by atoms with Gasteiger partial charge < -0.3 is 10.4 Å². The van der Waals surface area contributed by atoms with Gasteiger partial charge in [-0.15, -0.1) is 11.3 Å². The third-order valence-corrected chi connectivity index (χ3v) is 4.37. The zero-order valence-electron chi connectivity index (χ0n) is 8.70. The first-order chi connectivity index (χ1) is 7.60. The van der Waals surface area contributed by atoms with Gasteiger partial charge in [-0.25, -0.2) is 4.98 Å². The summed E-state index contributed by atoms with van der Waals surface area (Å²) >= 11 is 4.79. The molecule has 2 rings (SSSR count). The SMILES string of the molecule is O=C(O)CC1(Nc2nc(Br)cs2)CCCC1. The topological polar surface area (TPSA) is 62.2 Å². The standard InChI is InChI=1S/C10H13BrN2O2S/c11-7-6-16-9(12-7)13-10(5-8(14)15)3-1-2-4-10/h6H,1-5H2,(H,12,13)(H,14,15). The quantitative estimate of drug-likeness (QED) is 0.897. The molecule has 0 spiro atoms. The molecular weight excluding hydrogens is 292 g/mol.